The predicted molar refractivity (Wildman–Crippen MR) is 141 cm³/mol. The number of carbonyl (C=O) groups is 1. The van der Waals surface area contributed by atoms with Gasteiger partial charge in [0.05, 0.1) is 19.7 Å². The summed E-state index contributed by atoms with van der Waals surface area (Å²) in [5, 5.41) is 6.83. The number of benzene rings is 3. The number of rotatable bonds is 6. The van der Waals surface area contributed by atoms with E-state index in [2.05, 4.69) is 15.6 Å². The van der Waals surface area contributed by atoms with Gasteiger partial charge in [-0.2, -0.15) is 0 Å². The molecule has 0 saturated heterocycles. The number of hydrogen-bond donors (Lipinski definition) is 2. The van der Waals surface area contributed by atoms with Crippen LogP contribution in [0.15, 0.2) is 66.9 Å². The molecule has 0 unspecified atom stereocenters. The maximum absolute atomic E-state index is 12.4. The van der Waals surface area contributed by atoms with Crippen molar-refractivity contribution in [3.8, 4) is 23.0 Å². The number of fused-ring (bicyclic) bond motifs is 1. The first-order chi connectivity index (χ1) is 16.9. The molecule has 1 aromatic heterocycles. The van der Waals surface area contributed by atoms with Crippen LogP contribution in [0.25, 0.3) is 10.9 Å². The van der Waals surface area contributed by atoms with Crippen molar-refractivity contribution in [2.24, 2.45) is 0 Å². The Kier molecular flexibility index (Phi) is 7.12. The molecular weight excluding hydrogens is 462 g/mol. The van der Waals surface area contributed by atoms with Crippen LogP contribution in [-0.4, -0.2) is 30.2 Å². The monoisotopic (exact) mass is 487 g/mol. The van der Waals surface area contributed by atoms with Crippen molar-refractivity contribution >= 4 is 39.8 Å². The van der Waals surface area contributed by atoms with E-state index in [1.165, 1.54) is 0 Å². The summed E-state index contributed by atoms with van der Waals surface area (Å²) in [4.78, 5) is 16.8. The van der Waals surface area contributed by atoms with E-state index in [4.69, 9.17) is 26.4 Å². The first kappa shape index (κ1) is 24.0. The Bertz CT molecular complexity index is 1410. The molecule has 1 heterocycles. The van der Waals surface area contributed by atoms with Gasteiger partial charge < -0.3 is 19.5 Å². The van der Waals surface area contributed by atoms with Gasteiger partial charge in [-0.05, 0) is 73.6 Å². The molecule has 0 saturated carbocycles. The number of pyridine rings is 1. The van der Waals surface area contributed by atoms with E-state index in [1.54, 1.807) is 44.7 Å². The van der Waals surface area contributed by atoms with Crippen LogP contribution < -0.4 is 24.8 Å². The highest BCUT2D eigenvalue weighted by Crippen LogP contribution is 2.38. The Morgan fingerprint density at radius 3 is 2.29 bits per heavy atom. The molecule has 0 radical (unpaired) electrons. The zero-order chi connectivity index (χ0) is 24.9. The summed E-state index contributed by atoms with van der Waals surface area (Å²) in [7, 11) is 3.18. The van der Waals surface area contributed by atoms with Gasteiger partial charge in [0.2, 0.25) is 0 Å². The molecule has 1 amide bonds. The summed E-state index contributed by atoms with van der Waals surface area (Å²) in [6, 6.07) is 18.1. The number of hydrogen-bond acceptors (Lipinski definition) is 6. The fourth-order valence-electron chi connectivity index (χ4n) is 3.62. The largest absolute Gasteiger partial charge is 0.493 e. The van der Waals surface area contributed by atoms with Gasteiger partial charge in [-0.15, -0.1) is 0 Å². The summed E-state index contributed by atoms with van der Waals surface area (Å²) in [5.74, 6) is 2.26. The maximum Gasteiger partial charge on any atom is 0.257 e. The van der Waals surface area contributed by atoms with Gasteiger partial charge in [-0.25, -0.2) is 0 Å². The second-order valence-corrected chi connectivity index (χ2v) is 8.18. The minimum Gasteiger partial charge on any atom is -0.493 e. The number of methoxy groups -OCH3 is 2. The summed E-state index contributed by atoms with van der Waals surface area (Å²) < 4.78 is 17.1. The van der Waals surface area contributed by atoms with Crippen LogP contribution in [-0.2, 0) is 0 Å². The number of carbonyl (C=O) groups excluding carboxylic acids is 1. The molecule has 7 nitrogen and oxygen atoms in total. The van der Waals surface area contributed by atoms with Crippen LogP contribution in [0, 0.1) is 13.8 Å². The third-order valence-electron chi connectivity index (χ3n) is 5.68. The van der Waals surface area contributed by atoms with Gasteiger partial charge >= 0.3 is 0 Å². The van der Waals surface area contributed by atoms with Gasteiger partial charge in [0.15, 0.2) is 16.6 Å². The van der Waals surface area contributed by atoms with Gasteiger partial charge in [0.25, 0.3) is 5.91 Å². The highest BCUT2D eigenvalue weighted by Gasteiger charge is 2.15. The number of ether oxygens (including phenoxy) is 3. The molecule has 4 rings (SSSR count). The minimum absolute atomic E-state index is 0.219. The molecule has 0 aliphatic carbocycles. The Balaban J connectivity index is 1.55. The Labute approximate surface area is 209 Å². The number of nitrogens with one attached hydrogen (secondary N) is 2. The van der Waals surface area contributed by atoms with Crippen LogP contribution in [0.1, 0.15) is 21.5 Å². The number of thiocarbonyl (C=S) groups is 1. The third-order valence-corrected chi connectivity index (χ3v) is 5.88. The minimum atomic E-state index is -0.269. The lowest BCUT2D eigenvalue weighted by Crippen LogP contribution is -2.34. The van der Waals surface area contributed by atoms with Gasteiger partial charge in [-0.3, -0.25) is 15.1 Å². The Hall–Kier alpha value is -4.17. The first-order valence-corrected chi connectivity index (χ1v) is 11.3. The lowest BCUT2D eigenvalue weighted by Gasteiger charge is -2.17. The fourth-order valence-corrected chi connectivity index (χ4v) is 3.82. The van der Waals surface area contributed by atoms with Gasteiger partial charge in [0.1, 0.15) is 11.5 Å². The molecule has 0 atom stereocenters. The van der Waals surface area contributed by atoms with Gasteiger partial charge in [-0.1, -0.05) is 18.2 Å². The molecule has 3 aromatic carbocycles. The number of aromatic nitrogens is 1. The molecule has 0 aliphatic heterocycles. The summed E-state index contributed by atoms with van der Waals surface area (Å²) in [6.45, 7) is 3.93. The molecular formula is C27H25N3O4S. The zero-order valence-electron chi connectivity index (χ0n) is 19.8. The Morgan fingerprint density at radius 2 is 1.57 bits per heavy atom. The van der Waals surface area contributed by atoms with Crippen LogP contribution >= 0.6 is 12.2 Å². The van der Waals surface area contributed by atoms with Crippen LogP contribution in [0.3, 0.4) is 0 Å². The van der Waals surface area contributed by atoms with E-state index in [-0.39, 0.29) is 11.0 Å². The van der Waals surface area contributed by atoms with Crippen molar-refractivity contribution in [2.75, 3.05) is 19.5 Å². The summed E-state index contributed by atoms with van der Waals surface area (Å²) in [5.41, 5.74) is 3.91. The highest BCUT2D eigenvalue weighted by molar-refractivity contribution is 7.80. The van der Waals surface area contributed by atoms with Crippen LogP contribution in [0.4, 0.5) is 5.69 Å². The quantitative estimate of drug-likeness (QED) is 0.333. The van der Waals surface area contributed by atoms with E-state index < -0.39 is 0 Å². The van der Waals surface area contributed by atoms with Crippen LogP contribution in [0.5, 0.6) is 23.0 Å². The molecule has 2 N–H and O–H groups in total. The molecule has 178 valence electrons. The third kappa shape index (κ3) is 5.17. The van der Waals surface area contributed by atoms with E-state index >= 15 is 0 Å². The lowest BCUT2D eigenvalue weighted by molar-refractivity contribution is 0.0977. The van der Waals surface area contributed by atoms with E-state index in [0.29, 0.717) is 28.6 Å². The lowest BCUT2D eigenvalue weighted by atomic mass is 10.1. The maximum atomic E-state index is 12.4. The molecule has 0 bridgehead atoms. The van der Waals surface area contributed by atoms with E-state index in [9.17, 15) is 4.79 Å². The molecule has 35 heavy (non-hydrogen) atoms. The Morgan fingerprint density at radius 1 is 0.857 bits per heavy atom. The average Bonchev–Trinajstić information content (AvgIpc) is 2.88. The molecule has 4 aromatic rings. The smallest absolute Gasteiger partial charge is 0.257 e. The standard InChI is InChI=1S/C27H25N3O4S/c1-16-17(2)22(11-10-20(16)29-27(35)30-26(31)18-8-6-5-7-9-18)34-23-12-13-28-21-15-25(33-4)24(32-3)14-19(21)23/h5-15H,1-4H3,(H2,29,30,31,35). The van der Waals surface area contributed by atoms with Crippen molar-refractivity contribution in [1.82, 2.24) is 10.3 Å². The van der Waals surface area contributed by atoms with Crippen molar-refractivity contribution in [3.05, 3.63) is 83.6 Å². The van der Waals surface area contributed by atoms with Crippen LogP contribution in [0.2, 0.25) is 0 Å². The predicted octanol–water partition coefficient (Wildman–Crippen LogP) is 5.79. The van der Waals surface area contributed by atoms with Crippen molar-refractivity contribution in [3.63, 3.8) is 0 Å². The summed E-state index contributed by atoms with van der Waals surface area (Å²) >= 11 is 5.35. The second kappa shape index (κ2) is 10.4. The zero-order valence-corrected chi connectivity index (χ0v) is 20.7. The second-order valence-electron chi connectivity index (χ2n) is 7.77. The molecule has 8 heteroatoms. The molecule has 0 spiro atoms. The molecule has 0 fully saturated rings. The first-order valence-electron chi connectivity index (χ1n) is 10.9. The topological polar surface area (TPSA) is 81.7 Å². The van der Waals surface area contributed by atoms with Crippen molar-refractivity contribution < 1.29 is 19.0 Å². The normalized spacial score (nSPS) is 10.5. The highest BCUT2D eigenvalue weighted by atomic mass is 32.1. The molecule has 0 aliphatic rings. The number of nitrogens with zero attached hydrogens (tertiary/aromatic N) is 1. The fraction of sp³-hybridized carbons (Fsp3) is 0.148. The van der Waals surface area contributed by atoms with Gasteiger partial charge in [0, 0.05) is 28.9 Å². The van der Waals surface area contributed by atoms with Crippen molar-refractivity contribution in [1.29, 1.82) is 0 Å². The number of anilines is 1. The average molecular weight is 488 g/mol. The van der Waals surface area contributed by atoms with Crippen molar-refractivity contribution in [2.45, 2.75) is 13.8 Å². The SMILES string of the molecule is COc1cc2nccc(Oc3ccc(NC(=S)NC(=O)c4ccccc4)c(C)c3C)c2cc1OC. The summed E-state index contributed by atoms with van der Waals surface area (Å²) in [6.07, 6.45) is 1.69. The van der Waals surface area contributed by atoms with E-state index in [1.807, 2.05) is 50.2 Å². The number of amides is 1. The van der Waals surface area contributed by atoms with E-state index in [0.717, 1.165) is 27.7 Å².